The van der Waals surface area contributed by atoms with E-state index < -0.39 is 5.91 Å². The minimum Gasteiger partial charge on any atom is -0.364 e. The number of amides is 2. The molecule has 1 fully saturated rings. The predicted molar refractivity (Wildman–Crippen MR) is 75.9 cm³/mol. The van der Waals surface area contributed by atoms with Crippen molar-refractivity contribution in [3.63, 3.8) is 0 Å². The van der Waals surface area contributed by atoms with Crippen LogP contribution in [0.15, 0.2) is 18.3 Å². The van der Waals surface area contributed by atoms with Gasteiger partial charge in [0, 0.05) is 17.8 Å². The summed E-state index contributed by atoms with van der Waals surface area (Å²) in [5.41, 5.74) is 11.5. The first kappa shape index (κ1) is 14.5. The predicted octanol–water partition coefficient (Wildman–Crippen LogP) is 0.884. The molecule has 2 amide bonds. The van der Waals surface area contributed by atoms with Crippen molar-refractivity contribution >= 4 is 17.5 Å². The number of hydrogen-bond donors (Lipinski definition) is 3. The summed E-state index contributed by atoms with van der Waals surface area (Å²) in [6.07, 6.45) is 5.18. The molecule has 2 rings (SSSR count). The van der Waals surface area contributed by atoms with Crippen molar-refractivity contribution in [3.05, 3.63) is 24.0 Å². The second kappa shape index (κ2) is 6.47. The van der Waals surface area contributed by atoms with Gasteiger partial charge in [0.15, 0.2) is 0 Å². The topological polar surface area (TPSA) is 111 Å². The second-order valence-electron chi connectivity index (χ2n) is 5.24. The highest BCUT2D eigenvalue weighted by molar-refractivity contribution is 5.95. The molecule has 0 aliphatic heterocycles. The largest absolute Gasteiger partial charge is 0.364 e. The van der Waals surface area contributed by atoms with Crippen LogP contribution in [0, 0.1) is 11.8 Å². The van der Waals surface area contributed by atoms with E-state index in [1.54, 1.807) is 6.07 Å². The van der Waals surface area contributed by atoms with Gasteiger partial charge in [-0.15, -0.1) is 0 Å². The lowest BCUT2D eigenvalue weighted by Gasteiger charge is -2.26. The third-order valence-electron chi connectivity index (χ3n) is 3.83. The van der Waals surface area contributed by atoms with E-state index in [1.807, 2.05) is 0 Å². The first-order valence-corrected chi connectivity index (χ1v) is 6.87. The van der Waals surface area contributed by atoms with Crippen LogP contribution in [0.4, 0.5) is 5.69 Å². The van der Waals surface area contributed by atoms with Crippen molar-refractivity contribution in [1.29, 1.82) is 0 Å². The van der Waals surface area contributed by atoms with Crippen molar-refractivity contribution in [1.82, 2.24) is 4.98 Å². The van der Waals surface area contributed by atoms with E-state index in [-0.39, 0.29) is 17.5 Å². The first-order chi connectivity index (χ1) is 9.60. The second-order valence-corrected chi connectivity index (χ2v) is 5.24. The van der Waals surface area contributed by atoms with Crippen LogP contribution in [0.1, 0.15) is 36.2 Å². The Labute approximate surface area is 117 Å². The monoisotopic (exact) mass is 276 g/mol. The zero-order chi connectivity index (χ0) is 14.5. The van der Waals surface area contributed by atoms with Gasteiger partial charge in [-0.25, -0.2) is 0 Å². The number of pyridine rings is 1. The molecular formula is C14H20N4O2. The van der Waals surface area contributed by atoms with Gasteiger partial charge in [-0.1, -0.05) is 0 Å². The maximum atomic E-state index is 12.2. The third-order valence-corrected chi connectivity index (χ3v) is 3.83. The van der Waals surface area contributed by atoms with Crippen LogP contribution in [-0.2, 0) is 4.79 Å². The van der Waals surface area contributed by atoms with E-state index >= 15 is 0 Å². The number of nitrogens with zero attached hydrogens (tertiary/aromatic N) is 1. The highest BCUT2D eigenvalue weighted by Gasteiger charge is 2.25. The summed E-state index contributed by atoms with van der Waals surface area (Å²) in [4.78, 5) is 27.0. The molecular weight excluding hydrogens is 256 g/mol. The zero-order valence-corrected chi connectivity index (χ0v) is 11.3. The van der Waals surface area contributed by atoms with Crippen molar-refractivity contribution in [2.24, 2.45) is 23.3 Å². The molecule has 0 radical (unpaired) electrons. The Morgan fingerprint density at radius 2 is 2.00 bits per heavy atom. The lowest BCUT2D eigenvalue weighted by Crippen LogP contribution is -2.29. The fourth-order valence-corrected chi connectivity index (χ4v) is 2.55. The van der Waals surface area contributed by atoms with Crippen LogP contribution in [0.3, 0.4) is 0 Å². The molecule has 1 aliphatic carbocycles. The number of nitrogens with one attached hydrogen (secondary N) is 1. The smallest absolute Gasteiger partial charge is 0.267 e. The van der Waals surface area contributed by atoms with E-state index in [4.69, 9.17) is 11.5 Å². The van der Waals surface area contributed by atoms with Crippen LogP contribution >= 0.6 is 0 Å². The maximum absolute atomic E-state index is 12.2. The standard InChI is InChI=1S/C14H20N4O2/c15-8-9-1-3-10(4-2-9)14(20)18-11-5-6-17-12(7-11)13(16)19/h5-7,9-10H,1-4,8,15H2,(H2,16,19)(H,17,18,20). The Balaban J connectivity index is 1.95. The van der Waals surface area contributed by atoms with Gasteiger partial charge in [-0.2, -0.15) is 0 Å². The van der Waals surface area contributed by atoms with Gasteiger partial charge in [0.2, 0.25) is 5.91 Å². The molecule has 6 nitrogen and oxygen atoms in total. The molecule has 1 aliphatic rings. The molecule has 0 unspecified atom stereocenters. The number of carbonyl (C=O) groups excluding carboxylic acids is 2. The van der Waals surface area contributed by atoms with E-state index in [2.05, 4.69) is 10.3 Å². The fraction of sp³-hybridized carbons (Fsp3) is 0.500. The number of primary amides is 1. The lowest BCUT2D eigenvalue weighted by molar-refractivity contribution is -0.121. The van der Waals surface area contributed by atoms with Gasteiger partial charge >= 0.3 is 0 Å². The number of anilines is 1. The van der Waals surface area contributed by atoms with Gasteiger partial charge in [0.1, 0.15) is 5.69 Å². The van der Waals surface area contributed by atoms with E-state index in [9.17, 15) is 9.59 Å². The summed E-state index contributed by atoms with van der Waals surface area (Å²) < 4.78 is 0. The Kier molecular flexibility index (Phi) is 4.68. The molecule has 0 saturated heterocycles. The Bertz CT molecular complexity index is 496. The van der Waals surface area contributed by atoms with Crippen molar-refractivity contribution < 1.29 is 9.59 Å². The molecule has 108 valence electrons. The zero-order valence-electron chi connectivity index (χ0n) is 11.3. The Morgan fingerprint density at radius 1 is 1.30 bits per heavy atom. The summed E-state index contributed by atoms with van der Waals surface area (Å²) in [6.45, 7) is 0.695. The Morgan fingerprint density at radius 3 is 2.60 bits per heavy atom. The van der Waals surface area contributed by atoms with Crippen LogP contribution in [0.5, 0.6) is 0 Å². The molecule has 0 bridgehead atoms. The normalized spacial score (nSPS) is 22.2. The maximum Gasteiger partial charge on any atom is 0.267 e. The molecule has 1 aromatic heterocycles. The first-order valence-electron chi connectivity index (χ1n) is 6.87. The van der Waals surface area contributed by atoms with Gasteiger partial charge in [0.05, 0.1) is 0 Å². The number of nitrogens with two attached hydrogens (primary N) is 2. The number of aromatic nitrogens is 1. The van der Waals surface area contributed by atoms with Gasteiger partial charge in [0.25, 0.3) is 5.91 Å². The molecule has 20 heavy (non-hydrogen) atoms. The molecule has 1 saturated carbocycles. The molecule has 1 aromatic rings. The van der Waals surface area contributed by atoms with Gasteiger partial charge < -0.3 is 16.8 Å². The third kappa shape index (κ3) is 3.54. The van der Waals surface area contributed by atoms with Crippen molar-refractivity contribution in [2.45, 2.75) is 25.7 Å². The van der Waals surface area contributed by atoms with Crippen LogP contribution < -0.4 is 16.8 Å². The van der Waals surface area contributed by atoms with Crippen molar-refractivity contribution in [3.8, 4) is 0 Å². The van der Waals surface area contributed by atoms with Crippen LogP contribution in [0.2, 0.25) is 0 Å². The van der Waals surface area contributed by atoms with Gasteiger partial charge in [-0.05, 0) is 50.3 Å². The lowest BCUT2D eigenvalue weighted by atomic mass is 9.81. The quantitative estimate of drug-likeness (QED) is 0.758. The summed E-state index contributed by atoms with van der Waals surface area (Å²) in [5.74, 6) is -0.0592. The number of carbonyl (C=O) groups is 2. The average molecular weight is 276 g/mol. The minimum atomic E-state index is -0.607. The van der Waals surface area contributed by atoms with E-state index in [0.717, 1.165) is 25.7 Å². The number of rotatable bonds is 4. The van der Waals surface area contributed by atoms with Crippen LogP contribution in [0.25, 0.3) is 0 Å². The summed E-state index contributed by atoms with van der Waals surface area (Å²) in [5, 5.41) is 2.82. The molecule has 1 heterocycles. The molecule has 0 aromatic carbocycles. The molecule has 0 atom stereocenters. The molecule has 0 spiro atoms. The van der Waals surface area contributed by atoms with Crippen LogP contribution in [-0.4, -0.2) is 23.3 Å². The minimum absolute atomic E-state index is 0.0120. The van der Waals surface area contributed by atoms with E-state index in [0.29, 0.717) is 18.2 Å². The van der Waals surface area contributed by atoms with Gasteiger partial charge in [-0.3, -0.25) is 14.6 Å². The highest BCUT2D eigenvalue weighted by atomic mass is 16.2. The SMILES string of the molecule is NCC1CCC(C(=O)Nc2ccnc(C(N)=O)c2)CC1. The summed E-state index contributed by atoms with van der Waals surface area (Å²) in [6, 6.07) is 3.14. The molecule has 5 N–H and O–H groups in total. The summed E-state index contributed by atoms with van der Waals surface area (Å²) in [7, 11) is 0. The average Bonchev–Trinajstić information content (AvgIpc) is 2.47. The van der Waals surface area contributed by atoms with E-state index in [1.165, 1.54) is 12.3 Å². The molecule has 6 heteroatoms. The van der Waals surface area contributed by atoms with Crippen molar-refractivity contribution in [2.75, 3.05) is 11.9 Å². The fourth-order valence-electron chi connectivity index (χ4n) is 2.55. The number of hydrogen-bond acceptors (Lipinski definition) is 4. The highest BCUT2D eigenvalue weighted by Crippen LogP contribution is 2.29. The summed E-state index contributed by atoms with van der Waals surface area (Å²) >= 11 is 0. The Hall–Kier alpha value is -1.95.